The van der Waals surface area contributed by atoms with Gasteiger partial charge in [-0.15, -0.1) is 0 Å². The summed E-state index contributed by atoms with van der Waals surface area (Å²) in [7, 11) is -2.57. The van der Waals surface area contributed by atoms with Gasteiger partial charge in [0.05, 0.1) is 6.10 Å². The van der Waals surface area contributed by atoms with Gasteiger partial charge in [-0.3, -0.25) is 0 Å². The van der Waals surface area contributed by atoms with Crippen LogP contribution in [0.4, 0.5) is 4.39 Å². The van der Waals surface area contributed by atoms with Crippen molar-refractivity contribution in [1.82, 2.24) is 4.31 Å². The third kappa shape index (κ3) is 3.54. The Kier molecular flexibility index (Phi) is 5.21. The van der Waals surface area contributed by atoms with E-state index in [2.05, 4.69) is 0 Å². The van der Waals surface area contributed by atoms with Crippen LogP contribution in [0.5, 0.6) is 0 Å². The average Bonchev–Trinajstić information content (AvgIpc) is 2.93. The molecule has 118 valence electrons. The number of hydrogen-bond acceptors (Lipinski definition) is 4. The van der Waals surface area contributed by atoms with Crippen LogP contribution >= 0.6 is 11.6 Å². The van der Waals surface area contributed by atoms with Crippen molar-refractivity contribution in [2.75, 3.05) is 20.2 Å². The van der Waals surface area contributed by atoms with Crippen molar-refractivity contribution in [2.45, 2.75) is 30.4 Å². The first-order valence-electron chi connectivity index (χ1n) is 6.62. The predicted molar refractivity (Wildman–Crippen MR) is 78.1 cm³/mol. The van der Waals surface area contributed by atoms with E-state index in [0.717, 1.165) is 23.2 Å². The smallest absolute Gasteiger partial charge is 0.245 e. The van der Waals surface area contributed by atoms with Crippen LogP contribution < -0.4 is 5.73 Å². The first-order valence-corrected chi connectivity index (χ1v) is 8.44. The Hall–Kier alpha value is -0.730. The molecule has 0 bridgehead atoms. The van der Waals surface area contributed by atoms with Gasteiger partial charge in [0.15, 0.2) is 0 Å². The van der Waals surface area contributed by atoms with Crippen molar-refractivity contribution in [3.63, 3.8) is 0 Å². The van der Waals surface area contributed by atoms with E-state index < -0.39 is 20.7 Å². The summed E-state index contributed by atoms with van der Waals surface area (Å²) in [6.07, 6.45) is 1.55. The van der Waals surface area contributed by atoms with Crippen molar-refractivity contribution < 1.29 is 17.5 Å². The van der Waals surface area contributed by atoms with Crippen LogP contribution in [0, 0.1) is 5.82 Å². The number of nitrogens with two attached hydrogens (primary N) is 1. The minimum atomic E-state index is -3.97. The maximum Gasteiger partial charge on any atom is 0.245 e. The van der Waals surface area contributed by atoms with Crippen molar-refractivity contribution in [1.29, 1.82) is 0 Å². The standard InChI is InChI=1S/C13H18ClFN2O3S/c1-17(8-11-3-2-4-20-11)21(18,19)12-6-10(14)5-9(7-16)13(12)15/h5-6,11H,2-4,7-8,16H2,1H3. The van der Waals surface area contributed by atoms with E-state index in [0.29, 0.717) is 6.61 Å². The van der Waals surface area contributed by atoms with Crippen LogP contribution in [0.25, 0.3) is 0 Å². The summed E-state index contributed by atoms with van der Waals surface area (Å²) in [6.45, 7) is 0.692. The van der Waals surface area contributed by atoms with E-state index >= 15 is 0 Å². The molecule has 0 radical (unpaired) electrons. The lowest BCUT2D eigenvalue weighted by Gasteiger charge is -2.21. The Labute approximate surface area is 128 Å². The zero-order valence-electron chi connectivity index (χ0n) is 11.7. The molecule has 0 aliphatic carbocycles. The second kappa shape index (κ2) is 6.58. The van der Waals surface area contributed by atoms with Gasteiger partial charge in [-0.2, -0.15) is 4.31 Å². The molecule has 0 aromatic heterocycles. The zero-order chi connectivity index (χ0) is 15.6. The summed E-state index contributed by atoms with van der Waals surface area (Å²) >= 11 is 5.85. The lowest BCUT2D eigenvalue weighted by Crippen LogP contribution is -2.34. The number of hydrogen-bond donors (Lipinski definition) is 1. The highest BCUT2D eigenvalue weighted by Crippen LogP contribution is 2.26. The van der Waals surface area contributed by atoms with Crippen LogP contribution in [-0.4, -0.2) is 39.0 Å². The molecule has 2 N–H and O–H groups in total. The first-order chi connectivity index (χ1) is 9.86. The molecule has 1 heterocycles. The van der Waals surface area contributed by atoms with Gasteiger partial charge in [-0.1, -0.05) is 11.6 Å². The summed E-state index contributed by atoms with van der Waals surface area (Å²) in [5.41, 5.74) is 5.49. The topological polar surface area (TPSA) is 72.6 Å². The number of nitrogens with zero attached hydrogens (tertiary/aromatic N) is 1. The minimum Gasteiger partial charge on any atom is -0.377 e. The number of benzene rings is 1. The van der Waals surface area contributed by atoms with E-state index in [1.54, 1.807) is 0 Å². The van der Waals surface area contributed by atoms with Crippen LogP contribution in [0.2, 0.25) is 5.02 Å². The summed E-state index contributed by atoms with van der Waals surface area (Å²) in [4.78, 5) is -0.448. The van der Waals surface area contributed by atoms with Crippen molar-refractivity contribution >= 4 is 21.6 Å². The van der Waals surface area contributed by atoms with Gasteiger partial charge in [0.2, 0.25) is 10.0 Å². The lowest BCUT2D eigenvalue weighted by atomic mass is 10.2. The molecule has 1 fully saturated rings. The van der Waals surface area contributed by atoms with Crippen molar-refractivity contribution in [2.24, 2.45) is 5.73 Å². The van der Waals surface area contributed by atoms with Gasteiger partial charge in [0.25, 0.3) is 0 Å². The normalized spacial score (nSPS) is 19.4. The minimum absolute atomic E-state index is 0.0755. The van der Waals surface area contributed by atoms with Crippen molar-refractivity contribution in [3.8, 4) is 0 Å². The molecule has 1 aliphatic rings. The largest absolute Gasteiger partial charge is 0.377 e. The third-order valence-electron chi connectivity index (χ3n) is 3.47. The molecule has 1 saturated heterocycles. The molecule has 1 aromatic carbocycles. The van der Waals surface area contributed by atoms with Gasteiger partial charge in [0, 0.05) is 37.3 Å². The Morgan fingerprint density at radius 3 is 2.81 bits per heavy atom. The molecule has 5 nitrogen and oxygen atoms in total. The van der Waals surface area contributed by atoms with Crippen LogP contribution in [0.1, 0.15) is 18.4 Å². The fourth-order valence-corrected chi connectivity index (χ4v) is 3.93. The monoisotopic (exact) mass is 336 g/mol. The van der Waals surface area contributed by atoms with Crippen molar-refractivity contribution in [3.05, 3.63) is 28.5 Å². The van der Waals surface area contributed by atoms with Gasteiger partial charge in [-0.25, -0.2) is 12.8 Å². The second-order valence-electron chi connectivity index (χ2n) is 5.00. The van der Waals surface area contributed by atoms with Gasteiger partial charge >= 0.3 is 0 Å². The molecule has 0 spiro atoms. The van der Waals surface area contributed by atoms with E-state index in [9.17, 15) is 12.8 Å². The van der Waals surface area contributed by atoms with Gasteiger partial charge in [-0.05, 0) is 25.0 Å². The second-order valence-corrected chi connectivity index (χ2v) is 7.45. The summed E-state index contributed by atoms with van der Waals surface area (Å²) < 4.78 is 45.7. The van der Waals surface area contributed by atoms with Crippen LogP contribution in [0.15, 0.2) is 17.0 Å². The Morgan fingerprint density at radius 2 is 2.24 bits per heavy atom. The Balaban J connectivity index is 2.32. The van der Waals surface area contributed by atoms with E-state index in [1.165, 1.54) is 13.1 Å². The Morgan fingerprint density at radius 1 is 1.52 bits per heavy atom. The van der Waals surface area contributed by atoms with E-state index in [-0.39, 0.29) is 29.8 Å². The highest BCUT2D eigenvalue weighted by atomic mass is 35.5. The molecule has 1 aliphatic heterocycles. The quantitative estimate of drug-likeness (QED) is 0.889. The molecular formula is C13H18ClFN2O3S. The SMILES string of the molecule is CN(CC1CCCO1)S(=O)(=O)c1cc(Cl)cc(CN)c1F. The lowest BCUT2D eigenvalue weighted by molar-refractivity contribution is 0.0978. The van der Waals surface area contributed by atoms with E-state index in [1.807, 2.05) is 0 Å². The maximum absolute atomic E-state index is 14.2. The van der Waals surface area contributed by atoms with Crippen LogP contribution in [-0.2, 0) is 21.3 Å². The molecule has 1 aromatic rings. The Bertz CT molecular complexity index is 618. The molecule has 1 unspecified atom stereocenters. The van der Waals surface area contributed by atoms with Gasteiger partial charge < -0.3 is 10.5 Å². The number of sulfonamides is 1. The summed E-state index contributed by atoms with van der Waals surface area (Å²) in [5.74, 6) is -0.846. The number of halogens is 2. The number of ether oxygens (including phenoxy) is 1. The summed E-state index contributed by atoms with van der Waals surface area (Å²) in [5, 5.41) is 0.140. The molecule has 8 heteroatoms. The maximum atomic E-state index is 14.2. The van der Waals surface area contributed by atoms with Gasteiger partial charge in [0.1, 0.15) is 10.7 Å². The fourth-order valence-electron chi connectivity index (χ4n) is 2.30. The number of likely N-dealkylation sites (N-methyl/N-ethyl adjacent to an activating group) is 1. The molecular weight excluding hydrogens is 319 g/mol. The molecule has 21 heavy (non-hydrogen) atoms. The number of rotatable bonds is 5. The highest BCUT2D eigenvalue weighted by molar-refractivity contribution is 7.89. The average molecular weight is 337 g/mol. The summed E-state index contributed by atoms with van der Waals surface area (Å²) in [6, 6.07) is 2.44. The highest BCUT2D eigenvalue weighted by Gasteiger charge is 2.29. The van der Waals surface area contributed by atoms with Crippen LogP contribution in [0.3, 0.4) is 0 Å². The first kappa shape index (κ1) is 16.6. The molecule has 0 saturated carbocycles. The molecule has 2 rings (SSSR count). The predicted octanol–water partition coefficient (Wildman–Crippen LogP) is 1.74. The van der Waals surface area contributed by atoms with E-state index in [4.69, 9.17) is 22.1 Å². The zero-order valence-corrected chi connectivity index (χ0v) is 13.3. The molecule has 0 amide bonds. The fraction of sp³-hybridized carbons (Fsp3) is 0.538. The molecule has 1 atom stereocenters. The third-order valence-corrected chi connectivity index (χ3v) is 5.51.